The van der Waals surface area contributed by atoms with Crippen molar-refractivity contribution in [3.8, 4) is 0 Å². The first-order valence-electron chi connectivity index (χ1n) is 4.54. The van der Waals surface area contributed by atoms with Gasteiger partial charge in [-0.3, -0.25) is 15.0 Å². The highest BCUT2D eigenvalue weighted by Gasteiger charge is 2.17. The molecule has 2 rings (SSSR count). The molecule has 0 spiro atoms. The summed E-state index contributed by atoms with van der Waals surface area (Å²) in [6.45, 7) is 0. The Morgan fingerprint density at radius 3 is 2.88 bits per heavy atom. The molecule has 0 radical (unpaired) electrons. The minimum absolute atomic E-state index is 0.0673. The second-order valence-electron chi connectivity index (χ2n) is 3.12. The van der Waals surface area contributed by atoms with Crippen LogP contribution in [0.1, 0.15) is 10.4 Å². The average molecular weight is 253 g/mol. The summed E-state index contributed by atoms with van der Waals surface area (Å²) in [5.41, 5.74) is 0.193. The molecule has 0 atom stereocenters. The molecule has 0 aliphatic rings. The summed E-state index contributed by atoms with van der Waals surface area (Å²) in [6.07, 6.45) is 0. The van der Waals surface area contributed by atoms with E-state index in [2.05, 4.69) is 9.78 Å². The van der Waals surface area contributed by atoms with Gasteiger partial charge in [-0.25, -0.2) is 4.79 Å². The van der Waals surface area contributed by atoms with Crippen molar-refractivity contribution in [2.45, 2.75) is 0 Å². The summed E-state index contributed by atoms with van der Waals surface area (Å²) in [4.78, 5) is 30.3. The minimum atomic E-state index is -0.667. The highest BCUT2D eigenvalue weighted by molar-refractivity contribution is 7.17. The van der Waals surface area contributed by atoms with E-state index in [1.165, 1.54) is 30.6 Å². The average Bonchev–Trinajstić information content (AvgIpc) is 2.71. The molecule has 0 amide bonds. The van der Waals surface area contributed by atoms with Crippen molar-refractivity contribution in [2.75, 3.05) is 7.11 Å². The third-order valence-electron chi connectivity index (χ3n) is 2.15. The minimum Gasteiger partial charge on any atom is -0.293 e. The number of thiophene rings is 1. The van der Waals surface area contributed by atoms with Crippen LogP contribution in [-0.4, -0.2) is 18.0 Å². The van der Waals surface area contributed by atoms with Gasteiger partial charge in [-0.05, 0) is 6.07 Å². The Kier molecular flexibility index (Phi) is 3.03. The second-order valence-corrected chi connectivity index (χ2v) is 4.04. The van der Waals surface area contributed by atoms with Gasteiger partial charge in [0.1, 0.15) is 0 Å². The van der Waals surface area contributed by atoms with Crippen LogP contribution in [0, 0.1) is 10.1 Å². The number of nitro groups is 1. The van der Waals surface area contributed by atoms with Crippen molar-refractivity contribution in [1.29, 1.82) is 0 Å². The Morgan fingerprint density at radius 2 is 2.24 bits per heavy atom. The lowest BCUT2D eigenvalue weighted by Crippen LogP contribution is -2.02. The largest absolute Gasteiger partial charge is 0.374 e. The van der Waals surface area contributed by atoms with E-state index in [4.69, 9.17) is 0 Å². The van der Waals surface area contributed by atoms with Gasteiger partial charge in [0.15, 0.2) is 0 Å². The van der Waals surface area contributed by atoms with E-state index in [9.17, 15) is 14.9 Å². The number of fused-ring (bicyclic) bond motifs is 1. The van der Waals surface area contributed by atoms with E-state index in [0.717, 1.165) is 4.70 Å². The zero-order valence-corrected chi connectivity index (χ0v) is 9.52. The highest BCUT2D eigenvalue weighted by atomic mass is 32.1. The van der Waals surface area contributed by atoms with Crippen molar-refractivity contribution in [2.24, 2.45) is 0 Å². The molecule has 1 aromatic heterocycles. The fourth-order valence-electron chi connectivity index (χ4n) is 1.41. The summed E-state index contributed by atoms with van der Waals surface area (Å²) in [5.74, 6) is -0.667. The number of hydrogen-bond acceptors (Lipinski definition) is 6. The molecule has 1 aromatic carbocycles. The molecule has 88 valence electrons. The molecule has 2 aromatic rings. The Bertz CT molecular complexity index is 591. The first-order valence-corrected chi connectivity index (χ1v) is 5.42. The monoisotopic (exact) mass is 253 g/mol. The van der Waals surface area contributed by atoms with Crippen LogP contribution in [0.4, 0.5) is 5.69 Å². The highest BCUT2D eigenvalue weighted by Crippen LogP contribution is 2.29. The number of nitro benzene ring substituents is 1. The molecule has 0 saturated heterocycles. The maximum atomic E-state index is 11.5. The van der Waals surface area contributed by atoms with Gasteiger partial charge in [-0.2, -0.15) is 4.89 Å². The molecule has 17 heavy (non-hydrogen) atoms. The van der Waals surface area contributed by atoms with Gasteiger partial charge in [-0.1, -0.05) is 0 Å². The van der Waals surface area contributed by atoms with Crippen LogP contribution in [0.2, 0.25) is 0 Å². The first-order chi connectivity index (χ1) is 8.13. The quantitative estimate of drug-likeness (QED) is 0.477. The predicted molar refractivity (Wildman–Crippen MR) is 60.9 cm³/mol. The molecule has 0 aliphatic heterocycles. The van der Waals surface area contributed by atoms with E-state index in [-0.39, 0.29) is 11.3 Å². The van der Waals surface area contributed by atoms with Crippen LogP contribution in [0.5, 0.6) is 0 Å². The topological polar surface area (TPSA) is 78.7 Å². The molecule has 0 bridgehead atoms. The zero-order chi connectivity index (χ0) is 12.4. The summed E-state index contributed by atoms with van der Waals surface area (Å²) in [5, 5.41) is 12.7. The third-order valence-corrected chi connectivity index (χ3v) is 3.11. The van der Waals surface area contributed by atoms with Gasteiger partial charge < -0.3 is 0 Å². The van der Waals surface area contributed by atoms with Crippen LogP contribution >= 0.6 is 11.3 Å². The predicted octanol–water partition coefficient (Wildman–Crippen LogP) is 2.53. The zero-order valence-electron chi connectivity index (χ0n) is 8.71. The molecular weight excluding hydrogens is 246 g/mol. The van der Waals surface area contributed by atoms with Crippen molar-refractivity contribution in [3.05, 3.63) is 39.3 Å². The SMILES string of the molecule is COOC(=O)c1csc2ccc([N+](=O)[O-])cc12. The van der Waals surface area contributed by atoms with Crippen molar-refractivity contribution < 1.29 is 19.5 Å². The van der Waals surface area contributed by atoms with Crippen LogP contribution in [0.3, 0.4) is 0 Å². The Balaban J connectivity index is 2.54. The number of carbonyl (C=O) groups is 1. The maximum Gasteiger partial charge on any atom is 0.374 e. The van der Waals surface area contributed by atoms with E-state index < -0.39 is 10.9 Å². The van der Waals surface area contributed by atoms with Gasteiger partial charge in [-0.15, -0.1) is 11.3 Å². The molecule has 1 heterocycles. The Hall–Kier alpha value is -1.99. The standard InChI is InChI=1S/C10H7NO5S/c1-15-16-10(12)8-5-17-9-3-2-6(11(13)14)4-7(8)9/h2-5H,1H3. The molecule has 0 N–H and O–H groups in total. The molecule has 6 nitrogen and oxygen atoms in total. The van der Waals surface area contributed by atoms with Gasteiger partial charge in [0.05, 0.1) is 17.6 Å². The fraction of sp³-hybridized carbons (Fsp3) is 0.100. The van der Waals surface area contributed by atoms with Gasteiger partial charge >= 0.3 is 5.97 Å². The summed E-state index contributed by atoms with van der Waals surface area (Å²) in [7, 11) is 1.22. The molecule has 7 heteroatoms. The molecule has 0 fully saturated rings. The maximum absolute atomic E-state index is 11.5. The van der Waals surface area contributed by atoms with E-state index in [1.807, 2.05) is 0 Å². The normalized spacial score (nSPS) is 10.4. The Labute approximate surface area is 99.5 Å². The number of benzene rings is 1. The second kappa shape index (κ2) is 4.48. The van der Waals surface area contributed by atoms with E-state index in [1.54, 1.807) is 11.4 Å². The molecule has 0 unspecified atom stereocenters. The summed E-state index contributed by atoms with van der Waals surface area (Å²) in [6, 6.07) is 4.34. The Morgan fingerprint density at radius 1 is 1.47 bits per heavy atom. The number of hydrogen-bond donors (Lipinski definition) is 0. The third kappa shape index (κ3) is 2.10. The van der Waals surface area contributed by atoms with E-state index >= 15 is 0 Å². The lowest BCUT2D eigenvalue weighted by atomic mass is 10.1. The van der Waals surface area contributed by atoms with Crippen LogP contribution in [0.15, 0.2) is 23.6 Å². The molecular formula is C10H7NO5S. The van der Waals surface area contributed by atoms with Gasteiger partial charge in [0, 0.05) is 27.6 Å². The van der Waals surface area contributed by atoms with Crippen molar-refractivity contribution in [1.82, 2.24) is 0 Å². The van der Waals surface area contributed by atoms with E-state index in [0.29, 0.717) is 5.39 Å². The molecule has 0 aliphatic carbocycles. The lowest BCUT2D eigenvalue weighted by Gasteiger charge is -1.98. The van der Waals surface area contributed by atoms with Crippen molar-refractivity contribution >= 4 is 33.1 Å². The summed E-state index contributed by atoms with van der Waals surface area (Å²) < 4.78 is 0.777. The lowest BCUT2D eigenvalue weighted by molar-refractivity contribution is -0.384. The fourth-order valence-corrected chi connectivity index (χ4v) is 2.32. The number of rotatable bonds is 3. The number of nitrogens with zero attached hydrogens (tertiary/aromatic N) is 1. The van der Waals surface area contributed by atoms with Crippen LogP contribution in [0.25, 0.3) is 10.1 Å². The first kappa shape index (κ1) is 11.5. The van der Waals surface area contributed by atoms with Gasteiger partial charge in [0.25, 0.3) is 5.69 Å². The van der Waals surface area contributed by atoms with Gasteiger partial charge in [0.2, 0.25) is 0 Å². The van der Waals surface area contributed by atoms with Crippen LogP contribution < -0.4 is 0 Å². The summed E-state index contributed by atoms with van der Waals surface area (Å²) >= 11 is 1.31. The number of carbonyl (C=O) groups excluding carboxylic acids is 1. The van der Waals surface area contributed by atoms with Crippen LogP contribution in [-0.2, 0) is 9.78 Å². The smallest absolute Gasteiger partial charge is 0.293 e. The van der Waals surface area contributed by atoms with Crippen molar-refractivity contribution in [3.63, 3.8) is 0 Å². The number of non-ortho nitro benzene ring substituents is 1. The molecule has 0 saturated carbocycles.